The second-order valence-corrected chi connectivity index (χ2v) is 8.00. The summed E-state index contributed by atoms with van der Waals surface area (Å²) >= 11 is 0. The Balaban J connectivity index is 1.58. The number of nitrogens with zero attached hydrogens (tertiary/aromatic N) is 5. The molecule has 32 heavy (non-hydrogen) atoms. The molecule has 1 aromatic carbocycles. The van der Waals surface area contributed by atoms with Crippen LogP contribution >= 0.6 is 0 Å². The second-order valence-electron chi connectivity index (χ2n) is 8.00. The molecule has 0 radical (unpaired) electrons. The molecule has 3 N–H and O–H groups in total. The SMILES string of the molecule is CCn1c(-c2nonc2N)nc2c(-c3ccccc3)ncc(OCCC3CCCCN3)c21. The lowest BCUT2D eigenvalue weighted by Gasteiger charge is -2.23. The van der Waals surface area contributed by atoms with E-state index in [-0.39, 0.29) is 5.82 Å². The molecule has 1 unspecified atom stereocenters. The van der Waals surface area contributed by atoms with Gasteiger partial charge in [0.15, 0.2) is 23.1 Å². The Morgan fingerprint density at radius 2 is 2.06 bits per heavy atom. The number of aryl methyl sites for hydroxylation is 1. The van der Waals surface area contributed by atoms with Gasteiger partial charge < -0.3 is 20.4 Å². The Labute approximate surface area is 186 Å². The second kappa shape index (κ2) is 8.96. The van der Waals surface area contributed by atoms with Crippen LogP contribution in [0.5, 0.6) is 5.75 Å². The van der Waals surface area contributed by atoms with E-state index in [2.05, 4.69) is 15.6 Å². The van der Waals surface area contributed by atoms with E-state index < -0.39 is 0 Å². The van der Waals surface area contributed by atoms with Crippen LogP contribution in [0.3, 0.4) is 0 Å². The van der Waals surface area contributed by atoms with E-state index in [1.807, 2.05) is 41.8 Å². The van der Waals surface area contributed by atoms with Crippen LogP contribution in [0.15, 0.2) is 41.2 Å². The van der Waals surface area contributed by atoms with Crippen LogP contribution in [0.1, 0.15) is 32.6 Å². The van der Waals surface area contributed by atoms with Crippen molar-refractivity contribution in [2.24, 2.45) is 0 Å². The van der Waals surface area contributed by atoms with Gasteiger partial charge in [0.05, 0.1) is 18.5 Å². The maximum absolute atomic E-state index is 6.26. The zero-order chi connectivity index (χ0) is 21.9. The first-order valence-corrected chi connectivity index (χ1v) is 11.2. The molecule has 9 heteroatoms. The fourth-order valence-corrected chi connectivity index (χ4v) is 4.35. The topological polar surface area (TPSA) is 117 Å². The monoisotopic (exact) mass is 433 g/mol. The first-order chi connectivity index (χ1) is 15.8. The van der Waals surface area contributed by atoms with Gasteiger partial charge in [-0.3, -0.25) is 0 Å². The highest BCUT2D eigenvalue weighted by Gasteiger charge is 2.24. The van der Waals surface area contributed by atoms with Crippen molar-refractivity contribution >= 4 is 16.9 Å². The van der Waals surface area contributed by atoms with E-state index in [0.717, 1.165) is 35.3 Å². The van der Waals surface area contributed by atoms with E-state index in [0.29, 0.717) is 36.5 Å². The van der Waals surface area contributed by atoms with E-state index in [9.17, 15) is 0 Å². The summed E-state index contributed by atoms with van der Waals surface area (Å²) < 4.78 is 13.1. The van der Waals surface area contributed by atoms with Gasteiger partial charge in [-0.1, -0.05) is 36.8 Å². The van der Waals surface area contributed by atoms with Crippen molar-refractivity contribution in [3.63, 3.8) is 0 Å². The normalized spacial score (nSPS) is 16.5. The minimum absolute atomic E-state index is 0.204. The van der Waals surface area contributed by atoms with Crippen LogP contribution in [0.4, 0.5) is 5.82 Å². The lowest BCUT2D eigenvalue weighted by molar-refractivity contribution is 0.269. The van der Waals surface area contributed by atoms with Crippen LogP contribution in [0.25, 0.3) is 33.8 Å². The maximum Gasteiger partial charge on any atom is 0.199 e. The fraction of sp³-hybridized carbons (Fsp3) is 0.391. The Morgan fingerprint density at radius 3 is 2.78 bits per heavy atom. The zero-order valence-electron chi connectivity index (χ0n) is 18.1. The molecular weight excluding hydrogens is 406 g/mol. The molecule has 3 aromatic heterocycles. The largest absolute Gasteiger partial charge is 0.490 e. The van der Waals surface area contributed by atoms with Crippen molar-refractivity contribution in [1.82, 2.24) is 30.2 Å². The standard InChI is InChI=1S/C23H27N7O2/c1-2-30-21-17(31-13-11-16-10-6-7-12-25-16)14-26-18(15-8-4-3-5-9-15)19(21)27-23(30)20-22(24)29-32-28-20/h3-5,8-9,14,16,25H,2,6-7,10-13H2,1H3,(H2,24,29). The minimum Gasteiger partial charge on any atom is -0.490 e. The lowest BCUT2D eigenvalue weighted by Crippen LogP contribution is -2.35. The summed E-state index contributed by atoms with van der Waals surface area (Å²) in [5.41, 5.74) is 9.78. The van der Waals surface area contributed by atoms with Gasteiger partial charge in [-0.05, 0) is 43.0 Å². The summed E-state index contributed by atoms with van der Waals surface area (Å²) in [6.45, 7) is 4.39. The summed E-state index contributed by atoms with van der Waals surface area (Å²) in [5, 5.41) is 11.3. The number of aromatic nitrogens is 5. The highest BCUT2D eigenvalue weighted by molar-refractivity contribution is 5.95. The van der Waals surface area contributed by atoms with Crippen LogP contribution < -0.4 is 15.8 Å². The third-order valence-corrected chi connectivity index (χ3v) is 5.96. The number of nitrogen functional groups attached to an aromatic ring is 1. The Kier molecular flexibility index (Phi) is 5.72. The molecule has 9 nitrogen and oxygen atoms in total. The molecule has 1 saturated heterocycles. The number of rotatable bonds is 7. The molecule has 1 aliphatic heterocycles. The lowest BCUT2D eigenvalue weighted by atomic mass is 10.0. The number of imidazole rings is 1. The number of piperidine rings is 1. The Morgan fingerprint density at radius 1 is 1.19 bits per heavy atom. The summed E-state index contributed by atoms with van der Waals surface area (Å²) in [7, 11) is 0. The number of ether oxygens (including phenoxy) is 1. The van der Waals surface area contributed by atoms with E-state index in [1.165, 1.54) is 19.3 Å². The Hall–Kier alpha value is -3.46. The molecule has 4 aromatic rings. The quantitative estimate of drug-likeness (QED) is 0.453. The molecule has 1 atom stereocenters. The van der Waals surface area contributed by atoms with Crippen molar-refractivity contribution in [2.75, 3.05) is 18.9 Å². The number of pyridine rings is 1. The number of nitrogens with two attached hydrogens (primary N) is 1. The summed E-state index contributed by atoms with van der Waals surface area (Å²) in [5.74, 6) is 1.49. The number of benzene rings is 1. The van der Waals surface area contributed by atoms with Gasteiger partial charge >= 0.3 is 0 Å². The summed E-state index contributed by atoms with van der Waals surface area (Å²) in [6, 6.07) is 10.5. The summed E-state index contributed by atoms with van der Waals surface area (Å²) in [4.78, 5) is 9.62. The zero-order valence-corrected chi connectivity index (χ0v) is 18.1. The smallest absolute Gasteiger partial charge is 0.199 e. The molecule has 5 rings (SSSR count). The summed E-state index contributed by atoms with van der Waals surface area (Å²) in [6.07, 6.45) is 6.46. The Bertz CT molecular complexity index is 1200. The molecule has 166 valence electrons. The number of fused-ring (bicyclic) bond motifs is 1. The number of anilines is 1. The van der Waals surface area contributed by atoms with Crippen LogP contribution in [0.2, 0.25) is 0 Å². The average Bonchev–Trinajstić information content (AvgIpc) is 3.43. The van der Waals surface area contributed by atoms with Gasteiger partial charge in [-0.2, -0.15) is 0 Å². The fourth-order valence-electron chi connectivity index (χ4n) is 4.35. The predicted octanol–water partition coefficient (Wildman–Crippen LogP) is 3.66. The van der Waals surface area contributed by atoms with Crippen molar-refractivity contribution in [2.45, 2.75) is 45.2 Å². The van der Waals surface area contributed by atoms with Gasteiger partial charge in [0.2, 0.25) is 0 Å². The number of hydrogen-bond donors (Lipinski definition) is 2. The molecule has 4 heterocycles. The molecule has 0 amide bonds. The van der Waals surface area contributed by atoms with E-state index >= 15 is 0 Å². The highest BCUT2D eigenvalue weighted by Crippen LogP contribution is 2.36. The van der Waals surface area contributed by atoms with Gasteiger partial charge in [0.1, 0.15) is 11.0 Å². The van der Waals surface area contributed by atoms with E-state index in [1.54, 1.807) is 6.20 Å². The third kappa shape index (κ3) is 3.80. The number of hydrogen-bond acceptors (Lipinski definition) is 8. The van der Waals surface area contributed by atoms with Crippen molar-refractivity contribution < 1.29 is 9.37 Å². The number of nitrogens with one attached hydrogen (secondary N) is 1. The minimum atomic E-state index is 0.204. The molecule has 1 fully saturated rings. The molecular formula is C23H27N7O2. The van der Waals surface area contributed by atoms with Crippen LogP contribution in [-0.4, -0.2) is 44.0 Å². The molecule has 0 spiro atoms. The van der Waals surface area contributed by atoms with Crippen molar-refractivity contribution in [3.8, 4) is 28.5 Å². The first kappa shape index (κ1) is 20.4. The van der Waals surface area contributed by atoms with Gasteiger partial charge in [0.25, 0.3) is 0 Å². The van der Waals surface area contributed by atoms with Gasteiger partial charge in [-0.25, -0.2) is 14.6 Å². The molecule has 0 bridgehead atoms. The maximum atomic E-state index is 6.26. The van der Waals surface area contributed by atoms with Crippen LogP contribution in [-0.2, 0) is 6.54 Å². The molecule has 0 saturated carbocycles. The van der Waals surface area contributed by atoms with Crippen LogP contribution in [0, 0.1) is 0 Å². The van der Waals surface area contributed by atoms with Crippen molar-refractivity contribution in [3.05, 3.63) is 36.5 Å². The van der Waals surface area contributed by atoms with E-state index in [4.69, 9.17) is 25.1 Å². The first-order valence-electron chi connectivity index (χ1n) is 11.2. The highest BCUT2D eigenvalue weighted by atomic mass is 16.6. The van der Waals surface area contributed by atoms with Crippen molar-refractivity contribution in [1.29, 1.82) is 0 Å². The predicted molar refractivity (Wildman–Crippen MR) is 122 cm³/mol. The average molecular weight is 434 g/mol. The van der Waals surface area contributed by atoms with Gasteiger partial charge in [-0.15, -0.1) is 0 Å². The molecule has 0 aliphatic carbocycles. The van der Waals surface area contributed by atoms with Gasteiger partial charge in [0, 0.05) is 18.2 Å². The third-order valence-electron chi connectivity index (χ3n) is 5.96. The molecule has 1 aliphatic rings.